The SMILES string of the molecule is C=C/C(C)=C(\C=C/C)C1CCCC1C(C)c1ccc(C(=O)O)cc1.CC.CN. The normalized spacial score (nSPS) is 20.2. The van der Waals surface area contributed by atoms with Gasteiger partial charge in [0.05, 0.1) is 5.56 Å². The average molecular weight is 386 g/mol. The van der Waals surface area contributed by atoms with Crippen molar-refractivity contribution in [2.75, 3.05) is 7.05 Å². The third kappa shape index (κ3) is 6.79. The molecule has 3 unspecified atom stereocenters. The zero-order chi connectivity index (χ0) is 21.7. The summed E-state index contributed by atoms with van der Waals surface area (Å²) in [6, 6.07) is 7.39. The third-order valence-corrected chi connectivity index (χ3v) is 5.40. The molecule has 0 heterocycles. The Labute approximate surface area is 172 Å². The van der Waals surface area contributed by atoms with E-state index in [2.05, 4.69) is 45.2 Å². The zero-order valence-electron chi connectivity index (χ0n) is 18.5. The van der Waals surface area contributed by atoms with Gasteiger partial charge in [-0.15, -0.1) is 0 Å². The van der Waals surface area contributed by atoms with Crippen molar-refractivity contribution in [3.8, 4) is 0 Å². The van der Waals surface area contributed by atoms with Gasteiger partial charge < -0.3 is 10.8 Å². The molecule has 0 bridgehead atoms. The van der Waals surface area contributed by atoms with Gasteiger partial charge in [0.1, 0.15) is 0 Å². The first kappa shape index (κ1) is 25.9. The number of benzene rings is 1. The number of carboxylic acids is 1. The molecular weight excluding hydrogens is 346 g/mol. The van der Waals surface area contributed by atoms with Crippen molar-refractivity contribution >= 4 is 5.97 Å². The van der Waals surface area contributed by atoms with Crippen LogP contribution >= 0.6 is 0 Å². The van der Waals surface area contributed by atoms with Gasteiger partial charge in [-0.1, -0.05) is 64.1 Å². The van der Waals surface area contributed by atoms with Crippen LogP contribution in [0.3, 0.4) is 0 Å². The van der Waals surface area contributed by atoms with Gasteiger partial charge in [-0.3, -0.25) is 0 Å². The van der Waals surface area contributed by atoms with Crippen LogP contribution in [0.2, 0.25) is 0 Å². The molecule has 2 rings (SSSR count). The molecule has 0 spiro atoms. The summed E-state index contributed by atoms with van der Waals surface area (Å²) >= 11 is 0. The third-order valence-electron chi connectivity index (χ3n) is 5.40. The van der Waals surface area contributed by atoms with Gasteiger partial charge in [-0.2, -0.15) is 0 Å². The summed E-state index contributed by atoms with van der Waals surface area (Å²) in [6.07, 6.45) is 9.99. The number of hydrogen-bond donors (Lipinski definition) is 2. The van der Waals surface area contributed by atoms with Crippen molar-refractivity contribution < 1.29 is 9.90 Å². The van der Waals surface area contributed by atoms with E-state index in [9.17, 15) is 4.79 Å². The molecule has 156 valence electrons. The Morgan fingerprint density at radius 3 is 2.25 bits per heavy atom. The molecule has 1 aliphatic carbocycles. The summed E-state index contributed by atoms with van der Waals surface area (Å²) in [5, 5.41) is 9.06. The molecule has 1 aromatic rings. The van der Waals surface area contributed by atoms with Crippen LogP contribution in [0.25, 0.3) is 0 Å². The minimum absolute atomic E-state index is 0.353. The summed E-state index contributed by atoms with van der Waals surface area (Å²) in [5.41, 5.74) is 8.75. The second kappa shape index (κ2) is 14.0. The zero-order valence-corrected chi connectivity index (χ0v) is 18.5. The van der Waals surface area contributed by atoms with Crippen molar-refractivity contribution in [2.45, 2.75) is 59.8 Å². The van der Waals surface area contributed by atoms with Gasteiger partial charge >= 0.3 is 5.97 Å². The van der Waals surface area contributed by atoms with E-state index in [4.69, 9.17) is 5.11 Å². The van der Waals surface area contributed by atoms with E-state index in [1.54, 1.807) is 12.1 Å². The Kier molecular flexibility index (Phi) is 12.9. The molecule has 3 N–H and O–H groups in total. The Bertz CT molecular complexity index is 656. The van der Waals surface area contributed by atoms with Crippen molar-refractivity contribution in [2.24, 2.45) is 17.6 Å². The first-order chi connectivity index (χ1) is 13.5. The standard InChI is InChI=1S/C22H28O2.C2H6.CH5N/c1-5-8-19(15(3)6-2)21-10-7-9-20(21)16(4)17-11-13-18(14-12-17)22(23)24;2*1-2/h5-6,8,11-14,16,20-21H,2,7,9-10H2,1,3-4H3,(H,23,24);1-2H3;2H2,1H3/b8-5-,19-15+;;. The summed E-state index contributed by atoms with van der Waals surface area (Å²) in [7, 11) is 1.50. The Morgan fingerprint density at radius 2 is 1.79 bits per heavy atom. The van der Waals surface area contributed by atoms with E-state index in [-0.39, 0.29) is 0 Å². The van der Waals surface area contributed by atoms with Crippen LogP contribution in [0, 0.1) is 11.8 Å². The average Bonchev–Trinajstić information content (AvgIpc) is 3.23. The minimum atomic E-state index is -0.868. The molecule has 1 saturated carbocycles. The lowest BCUT2D eigenvalue weighted by Crippen LogP contribution is -2.17. The van der Waals surface area contributed by atoms with E-state index in [0.29, 0.717) is 23.3 Å². The molecule has 1 aliphatic rings. The fourth-order valence-corrected chi connectivity index (χ4v) is 3.99. The lowest BCUT2D eigenvalue weighted by molar-refractivity contribution is 0.0697. The van der Waals surface area contributed by atoms with E-state index in [0.717, 1.165) is 0 Å². The van der Waals surface area contributed by atoms with Gasteiger partial charge in [0.2, 0.25) is 0 Å². The molecule has 0 amide bonds. The summed E-state index contributed by atoms with van der Waals surface area (Å²) in [5.74, 6) is 0.682. The predicted molar refractivity (Wildman–Crippen MR) is 122 cm³/mol. The van der Waals surface area contributed by atoms with Crippen LogP contribution in [0.15, 0.2) is 60.2 Å². The highest BCUT2D eigenvalue weighted by atomic mass is 16.4. The molecule has 3 nitrogen and oxygen atoms in total. The topological polar surface area (TPSA) is 63.3 Å². The van der Waals surface area contributed by atoms with Crippen molar-refractivity contribution in [1.82, 2.24) is 0 Å². The maximum Gasteiger partial charge on any atom is 0.335 e. The first-order valence-electron chi connectivity index (χ1n) is 10.4. The summed E-state index contributed by atoms with van der Waals surface area (Å²) in [6.45, 7) is 14.4. The predicted octanol–water partition coefficient (Wildman–Crippen LogP) is 6.58. The van der Waals surface area contributed by atoms with Gasteiger partial charge in [0, 0.05) is 0 Å². The molecule has 1 aromatic carbocycles. The smallest absolute Gasteiger partial charge is 0.335 e. The highest BCUT2D eigenvalue weighted by Gasteiger charge is 2.34. The molecular formula is C25H39NO2. The van der Waals surface area contributed by atoms with E-state index >= 15 is 0 Å². The summed E-state index contributed by atoms with van der Waals surface area (Å²) < 4.78 is 0. The van der Waals surface area contributed by atoms with Crippen molar-refractivity contribution in [3.05, 3.63) is 71.3 Å². The molecule has 3 atom stereocenters. The molecule has 0 aromatic heterocycles. The fraction of sp³-hybridized carbons (Fsp3) is 0.480. The minimum Gasteiger partial charge on any atom is -0.478 e. The van der Waals surface area contributed by atoms with Gasteiger partial charge in [0.15, 0.2) is 0 Å². The molecule has 1 fully saturated rings. The van der Waals surface area contributed by atoms with Crippen LogP contribution in [-0.4, -0.2) is 18.1 Å². The monoisotopic (exact) mass is 385 g/mol. The highest BCUT2D eigenvalue weighted by molar-refractivity contribution is 5.87. The van der Waals surface area contributed by atoms with Gasteiger partial charge in [-0.05, 0) is 80.3 Å². The Hall–Kier alpha value is -2.13. The lowest BCUT2D eigenvalue weighted by atomic mass is 9.76. The van der Waals surface area contributed by atoms with E-state index < -0.39 is 5.97 Å². The Balaban J connectivity index is 0.00000171. The van der Waals surface area contributed by atoms with Crippen LogP contribution in [-0.2, 0) is 0 Å². The van der Waals surface area contributed by atoms with Crippen molar-refractivity contribution in [3.63, 3.8) is 0 Å². The molecule has 3 heteroatoms. The van der Waals surface area contributed by atoms with Gasteiger partial charge in [-0.25, -0.2) is 4.79 Å². The molecule has 0 saturated heterocycles. The van der Waals surface area contributed by atoms with Crippen LogP contribution in [0.1, 0.15) is 75.7 Å². The maximum absolute atomic E-state index is 11.0. The number of carboxylic acid groups (broad SMARTS) is 1. The van der Waals surface area contributed by atoms with Crippen LogP contribution < -0.4 is 5.73 Å². The molecule has 0 aliphatic heterocycles. The Morgan fingerprint density at radius 1 is 1.21 bits per heavy atom. The number of rotatable bonds is 6. The van der Waals surface area contributed by atoms with Gasteiger partial charge in [0.25, 0.3) is 0 Å². The molecule has 0 radical (unpaired) electrons. The quantitative estimate of drug-likeness (QED) is 0.543. The first-order valence-corrected chi connectivity index (χ1v) is 10.4. The number of carbonyl (C=O) groups is 1. The largest absolute Gasteiger partial charge is 0.478 e. The lowest BCUT2D eigenvalue weighted by Gasteiger charge is -2.28. The fourth-order valence-electron chi connectivity index (χ4n) is 3.99. The number of hydrogen-bond acceptors (Lipinski definition) is 2. The second-order valence-corrected chi connectivity index (χ2v) is 6.76. The number of aromatic carboxylic acids is 1. The van der Waals surface area contributed by atoms with E-state index in [1.165, 1.54) is 43.0 Å². The van der Waals surface area contributed by atoms with Crippen molar-refractivity contribution in [1.29, 1.82) is 0 Å². The maximum atomic E-state index is 11.0. The van der Waals surface area contributed by atoms with Crippen LogP contribution in [0.4, 0.5) is 0 Å². The van der Waals surface area contributed by atoms with E-state index in [1.807, 2.05) is 32.1 Å². The number of allylic oxidation sites excluding steroid dienone is 5. The van der Waals surface area contributed by atoms with Crippen LogP contribution in [0.5, 0.6) is 0 Å². The highest BCUT2D eigenvalue weighted by Crippen LogP contribution is 2.46. The second-order valence-electron chi connectivity index (χ2n) is 6.76. The summed E-state index contributed by atoms with van der Waals surface area (Å²) in [4.78, 5) is 11.0. The molecule has 28 heavy (non-hydrogen) atoms. The number of nitrogens with two attached hydrogens (primary N) is 1.